The van der Waals surface area contributed by atoms with Crippen LogP contribution in [0.1, 0.15) is 68.7 Å². The first-order valence-corrected chi connectivity index (χ1v) is 13.3. The van der Waals surface area contributed by atoms with Gasteiger partial charge in [-0.15, -0.1) is 0 Å². The summed E-state index contributed by atoms with van der Waals surface area (Å²) in [7, 11) is 1.63. The number of hydrogen-bond donors (Lipinski definition) is 3. The number of methoxy groups -OCH3 is 1. The zero-order valence-corrected chi connectivity index (χ0v) is 22.4. The van der Waals surface area contributed by atoms with Crippen LogP contribution in [-0.4, -0.2) is 40.7 Å². The van der Waals surface area contributed by atoms with Gasteiger partial charge in [-0.05, 0) is 93.3 Å². The van der Waals surface area contributed by atoms with Gasteiger partial charge >= 0.3 is 0 Å². The van der Waals surface area contributed by atoms with E-state index in [-0.39, 0.29) is 12.0 Å². The first-order chi connectivity index (χ1) is 17.7. The number of aromatic hydroxyl groups is 1. The molecule has 0 radical (unpaired) electrons. The summed E-state index contributed by atoms with van der Waals surface area (Å²) in [6.45, 7) is 6.38. The van der Waals surface area contributed by atoms with Crippen LogP contribution >= 0.6 is 0 Å². The number of ether oxygens (including phenoxy) is 2. The van der Waals surface area contributed by atoms with Gasteiger partial charge in [0.05, 0.1) is 19.3 Å². The minimum absolute atomic E-state index is 0.112. The average molecular weight is 505 g/mol. The average Bonchev–Trinajstić information content (AvgIpc) is 2.86. The number of allylic oxidation sites excluding steroid dienone is 4. The van der Waals surface area contributed by atoms with Crippen molar-refractivity contribution in [3.8, 4) is 17.2 Å². The molecule has 3 unspecified atom stereocenters. The summed E-state index contributed by atoms with van der Waals surface area (Å²) in [5.41, 5.74) is 6.54. The van der Waals surface area contributed by atoms with Crippen LogP contribution in [-0.2, 0) is 12.8 Å². The van der Waals surface area contributed by atoms with Gasteiger partial charge < -0.3 is 24.8 Å². The highest BCUT2D eigenvalue weighted by molar-refractivity contribution is 5.72. The predicted octanol–water partition coefficient (Wildman–Crippen LogP) is 6.24. The smallest absolute Gasteiger partial charge is 0.164 e. The Morgan fingerprint density at radius 2 is 1.76 bits per heavy atom. The molecule has 5 heteroatoms. The lowest BCUT2D eigenvalue weighted by Gasteiger charge is -2.41. The Morgan fingerprint density at radius 3 is 2.49 bits per heavy atom. The van der Waals surface area contributed by atoms with Crippen LogP contribution < -0.4 is 9.47 Å². The number of benzene rings is 2. The Kier molecular flexibility index (Phi) is 8.78. The number of aliphatic hydroxyl groups excluding tert-OH is 2. The van der Waals surface area contributed by atoms with Crippen LogP contribution in [0, 0.1) is 5.92 Å². The van der Waals surface area contributed by atoms with Crippen molar-refractivity contribution in [1.29, 1.82) is 0 Å². The number of phenols is 1. The highest BCUT2D eigenvalue weighted by atomic mass is 16.5. The lowest BCUT2D eigenvalue weighted by atomic mass is 9.77. The number of phenolic OH excluding ortho intramolecular Hbond substituents is 1. The third kappa shape index (κ3) is 6.85. The van der Waals surface area contributed by atoms with Crippen molar-refractivity contribution in [2.45, 2.75) is 77.6 Å². The topological polar surface area (TPSA) is 79.2 Å². The molecule has 2 aliphatic rings. The zero-order valence-electron chi connectivity index (χ0n) is 22.4. The van der Waals surface area contributed by atoms with Gasteiger partial charge in [0.2, 0.25) is 0 Å². The molecule has 2 aromatic carbocycles. The zero-order chi connectivity index (χ0) is 26.5. The molecule has 1 fully saturated rings. The molecule has 1 aliphatic heterocycles. The lowest BCUT2D eigenvalue weighted by Crippen LogP contribution is -2.46. The number of hydrogen-bond acceptors (Lipinski definition) is 5. The molecule has 198 valence electrons. The fraction of sp³-hybridized carbons (Fsp3) is 0.438. The van der Waals surface area contributed by atoms with E-state index in [1.165, 1.54) is 11.1 Å². The van der Waals surface area contributed by atoms with Crippen LogP contribution in [0.15, 0.2) is 53.6 Å². The van der Waals surface area contributed by atoms with Crippen LogP contribution in [0.25, 0.3) is 12.2 Å². The van der Waals surface area contributed by atoms with Crippen LogP contribution in [0.2, 0.25) is 0 Å². The first-order valence-electron chi connectivity index (χ1n) is 13.3. The highest BCUT2D eigenvalue weighted by Gasteiger charge is 2.40. The molecule has 4 atom stereocenters. The molecule has 5 nitrogen and oxygen atoms in total. The van der Waals surface area contributed by atoms with E-state index in [0.717, 1.165) is 47.3 Å². The Balaban J connectivity index is 1.45. The molecule has 3 N–H and O–H groups in total. The minimum Gasteiger partial charge on any atom is -0.508 e. The van der Waals surface area contributed by atoms with E-state index >= 15 is 0 Å². The van der Waals surface area contributed by atoms with Gasteiger partial charge in [-0.3, -0.25) is 0 Å². The third-order valence-electron chi connectivity index (χ3n) is 7.45. The normalized spacial score (nSPS) is 23.2. The van der Waals surface area contributed by atoms with Crippen LogP contribution in [0.3, 0.4) is 0 Å². The predicted molar refractivity (Wildman–Crippen MR) is 149 cm³/mol. The van der Waals surface area contributed by atoms with Crippen molar-refractivity contribution in [2.75, 3.05) is 7.11 Å². The molecule has 1 aliphatic carbocycles. The Hall–Kier alpha value is -3.02. The summed E-state index contributed by atoms with van der Waals surface area (Å²) in [5.74, 6) is 1.87. The fourth-order valence-corrected chi connectivity index (χ4v) is 5.24. The molecule has 0 saturated heterocycles. The fourth-order valence-electron chi connectivity index (χ4n) is 5.24. The van der Waals surface area contributed by atoms with Gasteiger partial charge in [-0.2, -0.15) is 0 Å². The second-order valence-electron chi connectivity index (χ2n) is 10.7. The maximum Gasteiger partial charge on any atom is 0.164 e. The van der Waals surface area contributed by atoms with E-state index in [4.69, 9.17) is 9.47 Å². The van der Waals surface area contributed by atoms with Crippen molar-refractivity contribution in [3.05, 3.63) is 75.9 Å². The monoisotopic (exact) mass is 504 g/mol. The van der Waals surface area contributed by atoms with Crippen molar-refractivity contribution in [3.63, 3.8) is 0 Å². The first kappa shape index (κ1) is 27.0. The van der Waals surface area contributed by atoms with E-state index < -0.39 is 12.2 Å². The molecule has 37 heavy (non-hydrogen) atoms. The van der Waals surface area contributed by atoms with Crippen LogP contribution in [0.4, 0.5) is 0 Å². The van der Waals surface area contributed by atoms with E-state index in [1.807, 2.05) is 30.4 Å². The number of fused-ring (bicyclic) bond motifs is 2. The molecule has 0 spiro atoms. The Morgan fingerprint density at radius 1 is 1.00 bits per heavy atom. The van der Waals surface area contributed by atoms with Crippen LogP contribution in [0.5, 0.6) is 17.2 Å². The molecule has 0 amide bonds. The molecule has 0 bridgehead atoms. The van der Waals surface area contributed by atoms with Gasteiger partial charge in [0.25, 0.3) is 0 Å². The number of aliphatic hydroxyl groups is 2. The summed E-state index contributed by atoms with van der Waals surface area (Å²) < 4.78 is 11.9. The summed E-state index contributed by atoms with van der Waals surface area (Å²) in [4.78, 5) is 0. The minimum atomic E-state index is -0.744. The standard InChI is InChI=1S/C32H40O5/c1-20(2)6-5-7-21(3)8-12-24-13-11-22(15-27(24)33)9-10-23-14-26-17-25-18-28(34)29(35)19-30(25)37-32(26)31(16-23)36-4/h6,8-11,13-16,25,28-30,33-35H,5,7,12,17-19H2,1-4H3/b10-9+,21-8+/t25-,28?,29?,30?/m1/s1. The molecular weight excluding hydrogens is 464 g/mol. The van der Waals surface area contributed by atoms with E-state index in [9.17, 15) is 15.3 Å². The van der Waals surface area contributed by atoms with E-state index in [0.29, 0.717) is 30.8 Å². The molecule has 4 rings (SSSR count). The summed E-state index contributed by atoms with van der Waals surface area (Å²) in [6.07, 6.45) is 11.4. The van der Waals surface area contributed by atoms with Crippen molar-refractivity contribution in [2.24, 2.45) is 5.92 Å². The Labute approximate surface area is 220 Å². The SMILES string of the molecule is COc1cc(/C=C/c2ccc(C/C=C(\C)CCC=C(C)C)c(O)c2)cc2c1OC1CC(O)C(O)C[C@H]1C2. The second-order valence-corrected chi connectivity index (χ2v) is 10.7. The van der Waals surface area contributed by atoms with Gasteiger partial charge in [-0.25, -0.2) is 0 Å². The molecule has 1 saturated carbocycles. The van der Waals surface area contributed by atoms with Crippen molar-refractivity contribution in [1.82, 2.24) is 0 Å². The molecule has 1 heterocycles. The maximum absolute atomic E-state index is 10.6. The Bertz CT molecular complexity index is 1190. The van der Waals surface area contributed by atoms with Crippen molar-refractivity contribution >= 4 is 12.2 Å². The molecular formula is C32H40O5. The highest BCUT2D eigenvalue weighted by Crippen LogP contribution is 2.44. The van der Waals surface area contributed by atoms with Crippen molar-refractivity contribution < 1.29 is 24.8 Å². The van der Waals surface area contributed by atoms with E-state index in [1.54, 1.807) is 13.2 Å². The third-order valence-corrected chi connectivity index (χ3v) is 7.45. The largest absolute Gasteiger partial charge is 0.508 e. The summed E-state index contributed by atoms with van der Waals surface area (Å²) in [5, 5.41) is 30.8. The molecule has 0 aromatic heterocycles. The summed E-state index contributed by atoms with van der Waals surface area (Å²) >= 11 is 0. The van der Waals surface area contributed by atoms with E-state index in [2.05, 4.69) is 39.0 Å². The lowest BCUT2D eigenvalue weighted by molar-refractivity contribution is -0.0746. The van der Waals surface area contributed by atoms with Gasteiger partial charge in [0.15, 0.2) is 11.5 Å². The van der Waals surface area contributed by atoms with Gasteiger partial charge in [0, 0.05) is 12.3 Å². The van der Waals surface area contributed by atoms with Gasteiger partial charge in [0.1, 0.15) is 11.9 Å². The summed E-state index contributed by atoms with van der Waals surface area (Å²) in [6, 6.07) is 9.85. The van der Waals surface area contributed by atoms with Gasteiger partial charge in [-0.1, -0.05) is 47.6 Å². The maximum atomic E-state index is 10.6. The number of rotatable bonds is 8. The quantitative estimate of drug-likeness (QED) is 0.293. The molecule has 2 aromatic rings. The second kappa shape index (κ2) is 12.0.